The predicted molar refractivity (Wildman–Crippen MR) is 125 cm³/mol. The zero-order chi connectivity index (χ0) is 22.8. The molecule has 0 aliphatic heterocycles. The van der Waals surface area contributed by atoms with Gasteiger partial charge in [0.05, 0.1) is 16.0 Å². The number of rotatable bonds is 5. The first-order valence-corrected chi connectivity index (χ1v) is 10.3. The standard InChI is InChI=1S/C24H18ClN3O4/c1-2-27-20-13-6-4-11-18(20)22(29)21(17-10-3-5-12-19(17)25)23(27)26-24(30)15-8-7-9-16(14-15)28(31)32/h3-14H,2H2,1H3,(H,26,30). The van der Waals surface area contributed by atoms with Crippen LogP contribution in [-0.2, 0) is 6.54 Å². The number of nitrogens with one attached hydrogen (secondary N) is 1. The van der Waals surface area contributed by atoms with Crippen molar-refractivity contribution in [1.29, 1.82) is 0 Å². The van der Waals surface area contributed by atoms with Gasteiger partial charge in [-0.3, -0.25) is 19.7 Å². The van der Waals surface area contributed by atoms with Crippen LogP contribution in [-0.4, -0.2) is 15.4 Å². The molecule has 4 aromatic rings. The number of para-hydroxylation sites is 1. The number of hydrogen-bond acceptors (Lipinski definition) is 4. The second kappa shape index (κ2) is 8.64. The minimum atomic E-state index is -0.570. The number of benzene rings is 3. The van der Waals surface area contributed by atoms with Crippen LogP contribution in [0.5, 0.6) is 0 Å². The van der Waals surface area contributed by atoms with Gasteiger partial charge in [0, 0.05) is 40.2 Å². The summed E-state index contributed by atoms with van der Waals surface area (Å²) in [6, 6.07) is 19.5. The maximum atomic E-state index is 13.5. The van der Waals surface area contributed by atoms with Gasteiger partial charge >= 0.3 is 0 Å². The Balaban J connectivity index is 1.97. The molecule has 0 saturated heterocycles. The molecule has 1 heterocycles. The molecular weight excluding hydrogens is 430 g/mol. The van der Waals surface area contributed by atoms with Crippen LogP contribution in [0.2, 0.25) is 5.02 Å². The Bertz CT molecular complexity index is 1430. The van der Waals surface area contributed by atoms with E-state index < -0.39 is 10.8 Å². The second-order valence-electron chi connectivity index (χ2n) is 7.06. The second-order valence-corrected chi connectivity index (χ2v) is 7.46. The number of aryl methyl sites for hydroxylation is 1. The van der Waals surface area contributed by atoms with Gasteiger partial charge in [-0.15, -0.1) is 0 Å². The highest BCUT2D eigenvalue weighted by atomic mass is 35.5. The van der Waals surface area contributed by atoms with Crippen molar-refractivity contribution in [1.82, 2.24) is 4.57 Å². The molecule has 1 aromatic heterocycles. The fourth-order valence-electron chi connectivity index (χ4n) is 3.71. The van der Waals surface area contributed by atoms with Gasteiger partial charge in [0.2, 0.25) is 0 Å². The Morgan fingerprint density at radius 3 is 2.50 bits per heavy atom. The molecule has 0 atom stereocenters. The van der Waals surface area contributed by atoms with E-state index in [9.17, 15) is 19.7 Å². The Hall–Kier alpha value is -3.97. The van der Waals surface area contributed by atoms with Crippen molar-refractivity contribution in [2.24, 2.45) is 0 Å². The van der Waals surface area contributed by atoms with Gasteiger partial charge in [0.15, 0.2) is 5.43 Å². The van der Waals surface area contributed by atoms with Crippen LogP contribution in [0.4, 0.5) is 11.5 Å². The smallest absolute Gasteiger partial charge is 0.270 e. The van der Waals surface area contributed by atoms with Crippen molar-refractivity contribution >= 4 is 39.9 Å². The summed E-state index contributed by atoms with van der Waals surface area (Å²) in [5, 5.41) is 14.8. The Morgan fingerprint density at radius 1 is 1.06 bits per heavy atom. The Labute approximate surface area is 188 Å². The highest BCUT2D eigenvalue weighted by Crippen LogP contribution is 2.33. The van der Waals surface area contributed by atoms with Crippen molar-refractivity contribution in [3.05, 3.63) is 104 Å². The van der Waals surface area contributed by atoms with Crippen molar-refractivity contribution in [2.75, 3.05) is 5.32 Å². The molecule has 0 spiro atoms. The number of nitrogens with zero attached hydrogens (tertiary/aromatic N) is 2. The lowest BCUT2D eigenvalue weighted by molar-refractivity contribution is -0.384. The number of fused-ring (bicyclic) bond motifs is 1. The van der Waals surface area contributed by atoms with Crippen LogP contribution in [0.3, 0.4) is 0 Å². The maximum absolute atomic E-state index is 13.5. The quantitative estimate of drug-likeness (QED) is 0.322. The number of amides is 1. The molecule has 0 bridgehead atoms. The van der Waals surface area contributed by atoms with Crippen LogP contribution >= 0.6 is 11.6 Å². The van der Waals surface area contributed by atoms with Crippen molar-refractivity contribution in [3.63, 3.8) is 0 Å². The number of nitro groups is 1. The monoisotopic (exact) mass is 447 g/mol. The zero-order valence-electron chi connectivity index (χ0n) is 17.0. The summed E-state index contributed by atoms with van der Waals surface area (Å²) in [5.74, 6) is -0.292. The number of pyridine rings is 1. The minimum Gasteiger partial charge on any atom is -0.327 e. The lowest BCUT2D eigenvalue weighted by atomic mass is 10.0. The predicted octanol–water partition coefficient (Wildman–Crippen LogP) is 5.50. The van der Waals surface area contributed by atoms with Crippen LogP contribution < -0.4 is 10.7 Å². The third-order valence-corrected chi connectivity index (χ3v) is 5.51. The Morgan fingerprint density at radius 2 is 1.78 bits per heavy atom. The fourth-order valence-corrected chi connectivity index (χ4v) is 3.94. The molecule has 0 saturated carbocycles. The summed E-state index contributed by atoms with van der Waals surface area (Å²) in [6.07, 6.45) is 0. The summed E-state index contributed by atoms with van der Waals surface area (Å²) < 4.78 is 1.82. The molecular formula is C24H18ClN3O4. The SMILES string of the molecule is CCn1c(NC(=O)c2cccc([N+](=O)[O-])c2)c(-c2ccccc2Cl)c(=O)c2ccccc21. The number of nitro benzene ring substituents is 1. The summed E-state index contributed by atoms with van der Waals surface area (Å²) in [5.41, 5.74) is 1.04. The van der Waals surface area contributed by atoms with E-state index in [1.807, 2.05) is 17.6 Å². The average molecular weight is 448 g/mol. The van der Waals surface area contributed by atoms with Crippen LogP contribution in [0.25, 0.3) is 22.0 Å². The molecule has 0 radical (unpaired) electrons. The van der Waals surface area contributed by atoms with Gasteiger partial charge in [-0.25, -0.2) is 0 Å². The number of anilines is 1. The zero-order valence-corrected chi connectivity index (χ0v) is 17.8. The molecule has 7 nitrogen and oxygen atoms in total. The lowest BCUT2D eigenvalue weighted by Gasteiger charge is -2.20. The number of hydrogen-bond donors (Lipinski definition) is 1. The first-order valence-electron chi connectivity index (χ1n) is 9.88. The van der Waals surface area contributed by atoms with E-state index in [4.69, 9.17) is 11.6 Å². The highest BCUT2D eigenvalue weighted by Gasteiger charge is 2.22. The largest absolute Gasteiger partial charge is 0.327 e. The number of carbonyl (C=O) groups excluding carboxylic acids is 1. The third kappa shape index (κ3) is 3.74. The molecule has 4 rings (SSSR count). The molecule has 8 heteroatoms. The van der Waals surface area contributed by atoms with Crippen molar-refractivity contribution in [2.45, 2.75) is 13.5 Å². The summed E-state index contributed by atoms with van der Waals surface area (Å²) in [6.45, 7) is 2.36. The van der Waals surface area contributed by atoms with Crippen LogP contribution in [0.15, 0.2) is 77.6 Å². The van der Waals surface area contributed by atoms with Crippen LogP contribution in [0.1, 0.15) is 17.3 Å². The fraction of sp³-hybridized carbons (Fsp3) is 0.0833. The average Bonchev–Trinajstić information content (AvgIpc) is 2.80. The van der Waals surface area contributed by atoms with Gasteiger partial charge in [0.1, 0.15) is 5.82 Å². The van der Waals surface area contributed by atoms with Crippen LogP contribution in [0, 0.1) is 10.1 Å². The summed E-state index contributed by atoms with van der Waals surface area (Å²) >= 11 is 6.42. The maximum Gasteiger partial charge on any atom is 0.270 e. The van der Waals surface area contributed by atoms with E-state index in [-0.39, 0.29) is 28.1 Å². The van der Waals surface area contributed by atoms with Gasteiger partial charge in [-0.05, 0) is 31.2 Å². The third-order valence-electron chi connectivity index (χ3n) is 5.18. The molecule has 160 valence electrons. The number of aromatic nitrogens is 1. The lowest BCUT2D eigenvalue weighted by Crippen LogP contribution is -2.22. The first-order chi connectivity index (χ1) is 15.4. The van der Waals surface area contributed by atoms with E-state index in [0.717, 1.165) is 0 Å². The topological polar surface area (TPSA) is 94.2 Å². The van der Waals surface area contributed by atoms with E-state index >= 15 is 0 Å². The number of non-ortho nitro benzene ring substituents is 1. The summed E-state index contributed by atoms with van der Waals surface area (Å²) in [7, 11) is 0. The molecule has 0 aliphatic carbocycles. The molecule has 1 N–H and O–H groups in total. The molecule has 3 aromatic carbocycles. The first kappa shape index (κ1) is 21.3. The molecule has 0 fully saturated rings. The van der Waals surface area contributed by atoms with E-state index in [1.165, 1.54) is 24.3 Å². The van der Waals surface area contributed by atoms with Crippen molar-refractivity contribution < 1.29 is 9.72 Å². The molecule has 1 amide bonds. The van der Waals surface area contributed by atoms with Crippen molar-refractivity contribution in [3.8, 4) is 11.1 Å². The number of halogens is 1. The molecule has 0 unspecified atom stereocenters. The van der Waals surface area contributed by atoms with E-state index in [1.54, 1.807) is 42.5 Å². The van der Waals surface area contributed by atoms with E-state index in [0.29, 0.717) is 28.0 Å². The minimum absolute atomic E-state index is 0.104. The van der Waals surface area contributed by atoms with Gasteiger partial charge < -0.3 is 9.88 Å². The number of carbonyl (C=O) groups is 1. The van der Waals surface area contributed by atoms with Gasteiger partial charge in [-0.2, -0.15) is 0 Å². The normalized spacial score (nSPS) is 10.8. The Kier molecular flexibility index (Phi) is 5.75. The van der Waals surface area contributed by atoms with E-state index in [2.05, 4.69) is 5.32 Å². The van der Waals surface area contributed by atoms with Gasteiger partial charge in [-0.1, -0.05) is 48.0 Å². The molecule has 0 aliphatic rings. The molecule has 32 heavy (non-hydrogen) atoms. The highest BCUT2D eigenvalue weighted by molar-refractivity contribution is 6.33. The van der Waals surface area contributed by atoms with Gasteiger partial charge in [0.25, 0.3) is 11.6 Å². The summed E-state index contributed by atoms with van der Waals surface area (Å²) in [4.78, 5) is 37.2.